The van der Waals surface area contributed by atoms with Crippen molar-refractivity contribution in [2.45, 2.75) is 156 Å². The van der Waals surface area contributed by atoms with Crippen molar-refractivity contribution in [2.24, 2.45) is 0 Å². The van der Waals surface area contributed by atoms with Crippen LogP contribution in [0.5, 0.6) is 0 Å². The highest BCUT2D eigenvalue weighted by atomic mass is 16.4. The van der Waals surface area contributed by atoms with Gasteiger partial charge in [0.25, 0.3) is 0 Å². The first-order chi connectivity index (χ1) is 15.2. The van der Waals surface area contributed by atoms with Crippen molar-refractivity contribution in [3.8, 4) is 0 Å². The van der Waals surface area contributed by atoms with Crippen LogP contribution in [-0.2, 0) is 4.74 Å². The molecule has 1 N–H and O–H groups in total. The Morgan fingerprint density at radius 1 is 0.452 bits per heavy atom. The number of methoxy groups -OCH3 is 1. The lowest BCUT2D eigenvalue weighted by molar-refractivity contribution is 0.277. The number of aliphatic hydroxyl groups is 1. The summed E-state index contributed by atoms with van der Waals surface area (Å²) in [6.07, 6.45) is 33.3. The maximum absolute atomic E-state index is 8.51. The molecule has 0 aromatic heterocycles. The molecule has 0 saturated heterocycles. The second-order valence-electron chi connectivity index (χ2n) is 8.84. The quantitative estimate of drug-likeness (QED) is 0.141. The minimum Gasteiger partial charge on any atom is -0.396 e. The first kappa shape index (κ1) is 35.3. The van der Waals surface area contributed by atoms with Gasteiger partial charge in [-0.15, -0.1) is 0 Å². The molecule has 0 atom stereocenters. The van der Waals surface area contributed by atoms with Gasteiger partial charge >= 0.3 is 0 Å². The van der Waals surface area contributed by atoms with Gasteiger partial charge in [0.2, 0.25) is 0 Å². The van der Waals surface area contributed by atoms with Gasteiger partial charge in [-0.05, 0) is 32.1 Å². The van der Waals surface area contributed by atoms with Crippen LogP contribution >= 0.6 is 0 Å². The first-order valence-electron chi connectivity index (χ1n) is 13.9. The molecule has 0 heterocycles. The zero-order valence-electron chi connectivity index (χ0n) is 22.6. The molecule has 0 aromatic carbocycles. The molecule has 2 heteroatoms. The summed E-state index contributed by atoms with van der Waals surface area (Å²) in [4.78, 5) is 0. The van der Waals surface area contributed by atoms with Crippen molar-refractivity contribution in [3.63, 3.8) is 0 Å². The highest BCUT2D eigenvalue weighted by molar-refractivity contribution is 4.81. The van der Waals surface area contributed by atoms with Gasteiger partial charge in [0, 0.05) is 20.8 Å². The third kappa shape index (κ3) is 48.4. The predicted octanol–water partition coefficient (Wildman–Crippen LogP) is 10.0. The van der Waals surface area contributed by atoms with Crippen molar-refractivity contribution in [1.29, 1.82) is 0 Å². The molecule has 0 aromatic rings. The topological polar surface area (TPSA) is 29.5 Å². The van der Waals surface area contributed by atoms with Crippen LogP contribution in [0.15, 0.2) is 12.2 Å². The summed E-state index contributed by atoms with van der Waals surface area (Å²) in [5, 5.41) is 8.51. The Bertz CT molecular complexity index is 268. The van der Waals surface area contributed by atoms with Gasteiger partial charge in [-0.25, -0.2) is 0 Å². The monoisotopic (exact) mass is 442 g/mol. The molecule has 0 spiro atoms. The zero-order chi connectivity index (χ0) is 23.7. The van der Waals surface area contributed by atoms with E-state index in [4.69, 9.17) is 5.11 Å². The van der Waals surface area contributed by atoms with E-state index in [-0.39, 0.29) is 0 Å². The van der Waals surface area contributed by atoms with E-state index in [0.29, 0.717) is 6.61 Å². The predicted molar refractivity (Wildman–Crippen MR) is 143 cm³/mol. The maximum Gasteiger partial charge on any atom is 0.0431 e. The summed E-state index contributed by atoms with van der Waals surface area (Å²) in [7, 11) is 3.25. The Morgan fingerprint density at radius 2 is 0.710 bits per heavy atom. The largest absolute Gasteiger partial charge is 0.396 e. The molecule has 0 aliphatic heterocycles. The average molecular weight is 443 g/mol. The van der Waals surface area contributed by atoms with Gasteiger partial charge in [0.1, 0.15) is 0 Å². The van der Waals surface area contributed by atoms with Crippen LogP contribution < -0.4 is 0 Å². The smallest absolute Gasteiger partial charge is 0.0431 e. The third-order valence-electron chi connectivity index (χ3n) is 5.38. The fraction of sp³-hybridized carbons (Fsp3) is 0.931. The lowest BCUT2D eigenvalue weighted by atomic mass is 10.1. The van der Waals surface area contributed by atoms with Crippen molar-refractivity contribution in [2.75, 3.05) is 20.8 Å². The molecule has 0 amide bonds. The standard InChI is InChI=1S/C17H34.C10H22O.C2H6O/c1-3-5-7-9-11-13-15-17-16-14-12-10-8-6-4-2;1-2-3-4-5-6-7-8-9-10-11;1-3-2/h13,15H,3-12,14,16-17H2,1-2H3;11H,2-10H2,1H3;1-2H3/b15-13-;;. The number of allylic oxidation sites excluding steroid dienone is 2. The van der Waals surface area contributed by atoms with Gasteiger partial charge in [-0.2, -0.15) is 0 Å². The Hall–Kier alpha value is -0.340. The van der Waals surface area contributed by atoms with E-state index in [2.05, 4.69) is 37.7 Å². The maximum atomic E-state index is 8.51. The van der Waals surface area contributed by atoms with E-state index in [9.17, 15) is 0 Å². The van der Waals surface area contributed by atoms with E-state index in [1.807, 2.05) is 0 Å². The lowest BCUT2D eigenvalue weighted by Gasteiger charge is -1.99. The van der Waals surface area contributed by atoms with E-state index in [1.165, 1.54) is 128 Å². The third-order valence-corrected chi connectivity index (χ3v) is 5.38. The Morgan fingerprint density at radius 3 is 1.03 bits per heavy atom. The van der Waals surface area contributed by atoms with Crippen LogP contribution in [0.3, 0.4) is 0 Å². The molecule has 0 bridgehead atoms. The Kier molecular flexibility index (Phi) is 45.6. The van der Waals surface area contributed by atoms with Gasteiger partial charge < -0.3 is 9.84 Å². The van der Waals surface area contributed by atoms with Crippen molar-refractivity contribution in [1.82, 2.24) is 0 Å². The van der Waals surface area contributed by atoms with Crippen molar-refractivity contribution in [3.05, 3.63) is 12.2 Å². The van der Waals surface area contributed by atoms with Gasteiger partial charge in [0.15, 0.2) is 0 Å². The fourth-order valence-electron chi connectivity index (χ4n) is 3.39. The molecule has 0 radical (unpaired) electrons. The normalized spacial score (nSPS) is 10.5. The first-order valence-corrected chi connectivity index (χ1v) is 13.9. The number of rotatable bonds is 21. The second kappa shape index (κ2) is 40.1. The van der Waals surface area contributed by atoms with E-state index >= 15 is 0 Å². The molecule has 0 rings (SSSR count). The molecule has 31 heavy (non-hydrogen) atoms. The van der Waals surface area contributed by atoms with Crippen LogP contribution in [0.2, 0.25) is 0 Å². The highest BCUT2D eigenvalue weighted by Gasteiger charge is 1.90. The number of aliphatic hydroxyl groups excluding tert-OH is 1. The molecule has 0 fully saturated rings. The molecule has 0 aliphatic carbocycles. The molecule has 2 nitrogen and oxygen atoms in total. The van der Waals surface area contributed by atoms with E-state index in [1.54, 1.807) is 14.2 Å². The SMILES string of the molecule is CCCCCC/C=C\CCCCCCCCC.CCCCCCCCCCO.COC. The van der Waals surface area contributed by atoms with Crippen LogP contribution in [0, 0.1) is 0 Å². The summed E-state index contributed by atoms with van der Waals surface area (Å²) >= 11 is 0. The molecular formula is C29H62O2. The summed E-state index contributed by atoms with van der Waals surface area (Å²) in [5.41, 5.74) is 0. The number of hydrogen-bond acceptors (Lipinski definition) is 2. The summed E-state index contributed by atoms with van der Waals surface area (Å²) in [5.74, 6) is 0. The van der Waals surface area contributed by atoms with Gasteiger partial charge in [0.05, 0.1) is 0 Å². The molecule has 0 aliphatic rings. The average Bonchev–Trinajstić information content (AvgIpc) is 2.77. The fourth-order valence-corrected chi connectivity index (χ4v) is 3.39. The molecule has 0 saturated carbocycles. The minimum absolute atomic E-state index is 0.370. The zero-order valence-corrected chi connectivity index (χ0v) is 22.6. The van der Waals surface area contributed by atoms with Gasteiger partial charge in [-0.3, -0.25) is 0 Å². The van der Waals surface area contributed by atoms with Crippen molar-refractivity contribution >= 4 is 0 Å². The van der Waals surface area contributed by atoms with E-state index in [0.717, 1.165) is 6.42 Å². The second-order valence-corrected chi connectivity index (χ2v) is 8.84. The van der Waals surface area contributed by atoms with Crippen LogP contribution in [0.4, 0.5) is 0 Å². The number of unbranched alkanes of at least 4 members (excludes halogenated alkanes) is 18. The van der Waals surface area contributed by atoms with Crippen LogP contribution in [0.1, 0.15) is 156 Å². The van der Waals surface area contributed by atoms with E-state index < -0.39 is 0 Å². The van der Waals surface area contributed by atoms with Crippen LogP contribution in [0.25, 0.3) is 0 Å². The lowest BCUT2D eigenvalue weighted by Crippen LogP contribution is -1.83. The molecule has 0 unspecified atom stereocenters. The molecular weight excluding hydrogens is 380 g/mol. The van der Waals surface area contributed by atoms with Crippen molar-refractivity contribution < 1.29 is 9.84 Å². The summed E-state index contributed by atoms with van der Waals surface area (Å²) < 4.78 is 4.25. The minimum atomic E-state index is 0.370. The summed E-state index contributed by atoms with van der Waals surface area (Å²) in [6.45, 7) is 7.17. The molecule has 190 valence electrons. The Labute approximate surface area is 198 Å². The summed E-state index contributed by atoms with van der Waals surface area (Å²) in [6, 6.07) is 0. The van der Waals surface area contributed by atoms with Crippen LogP contribution in [-0.4, -0.2) is 25.9 Å². The van der Waals surface area contributed by atoms with Gasteiger partial charge in [-0.1, -0.05) is 136 Å². The number of ether oxygens (including phenoxy) is 1. The number of hydrogen-bond donors (Lipinski definition) is 1. The highest BCUT2D eigenvalue weighted by Crippen LogP contribution is 2.09. The Balaban J connectivity index is -0.000000480.